The maximum atomic E-state index is 13.6. The normalized spacial score (nSPS) is 28.4. The SMILES string of the molecule is O=C([C@H]1C[C@@H](NCc2ccc(F)c(F)c2)[C@H](c2cnc(C3CC3)[nH]2)[C@@H]1O)N1CCCC1. The molecule has 0 unspecified atom stereocenters. The van der Waals surface area contributed by atoms with E-state index in [0.717, 1.165) is 56.4 Å². The highest BCUT2D eigenvalue weighted by molar-refractivity contribution is 5.80. The van der Waals surface area contributed by atoms with Crippen LogP contribution in [0.25, 0.3) is 0 Å². The second kappa shape index (κ2) is 8.31. The molecule has 0 spiro atoms. The summed E-state index contributed by atoms with van der Waals surface area (Å²) in [6.45, 7) is 1.81. The Bertz CT molecular complexity index is 955. The van der Waals surface area contributed by atoms with Crippen LogP contribution >= 0.6 is 0 Å². The number of benzene rings is 1. The van der Waals surface area contributed by atoms with Gasteiger partial charge in [0.05, 0.1) is 12.0 Å². The number of carbonyl (C=O) groups excluding carboxylic acids is 1. The standard InChI is InChI=1S/C23H28F2N4O2/c24-16-6-3-13(9-17(16)25)11-26-18-10-15(23(31)29-7-1-2-8-29)21(30)20(18)19-12-27-22(28-19)14-4-5-14/h3,6,9,12,14-15,18,20-21,26,30H,1-2,4-5,7-8,10-11H2,(H,27,28)/t15-,18+,20+,21+/m0/s1. The molecule has 0 radical (unpaired) electrons. The van der Waals surface area contributed by atoms with E-state index in [4.69, 9.17) is 0 Å². The number of carbonyl (C=O) groups is 1. The van der Waals surface area contributed by atoms with E-state index in [-0.39, 0.29) is 17.9 Å². The van der Waals surface area contributed by atoms with Gasteiger partial charge in [-0.1, -0.05) is 6.07 Å². The van der Waals surface area contributed by atoms with E-state index in [1.807, 2.05) is 4.90 Å². The summed E-state index contributed by atoms with van der Waals surface area (Å²) in [5.74, 6) is -1.15. The monoisotopic (exact) mass is 430 g/mol. The molecule has 2 heterocycles. The van der Waals surface area contributed by atoms with Gasteiger partial charge < -0.3 is 20.3 Å². The van der Waals surface area contributed by atoms with Crippen LogP contribution in [0.2, 0.25) is 0 Å². The number of nitrogens with zero attached hydrogens (tertiary/aromatic N) is 2. The molecule has 4 atom stereocenters. The van der Waals surface area contributed by atoms with Crippen molar-refractivity contribution < 1.29 is 18.7 Å². The molecule has 2 aliphatic carbocycles. The van der Waals surface area contributed by atoms with E-state index in [0.29, 0.717) is 24.4 Å². The maximum absolute atomic E-state index is 13.6. The Labute approximate surface area is 180 Å². The lowest BCUT2D eigenvalue weighted by molar-refractivity contribution is -0.137. The average molecular weight is 430 g/mol. The van der Waals surface area contributed by atoms with Gasteiger partial charge in [-0.05, 0) is 49.8 Å². The van der Waals surface area contributed by atoms with Crippen LogP contribution in [0.3, 0.4) is 0 Å². The Hall–Kier alpha value is -2.32. The Balaban J connectivity index is 1.36. The summed E-state index contributed by atoms with van der Waals surface area (Å²) in [5, 5.41) is 14.6. The van der Waals surface area contributed by atoms with E-state index in [1.54, 1.807) is 12.3 Å². The highest BCUT2D eigenvalue weighted by Gasteiger charge is 2.48. The third-order valence-electron chi connectivity index (χ3n) is 6.95. The van der Waals surface area contributed by atoms with Gasteiger partial charge in [0.15, 0.2) is 11.6 Å². The van der Waals surface area contributed by atoms with Crippen LogP contribution in [0.4, 0.5) is 8.78 Å². The molecule has 3 fully saturated rings. The molecule has 2 aromatic rings. The Kier molecular flexibility index (Phi) is 5.52. The second-order valence-corrected chi connectivity index (χ2v) is 9.12. The van der Waals surface area contributed by atoms with Crippen LogP contribution in [-0.2, 0) is 11.3 Å². The molecule has 1 aliphatic heterocycles. The van der Waals surface area contributed by atoms with E-state index < -0.39 is 23.7 Å². The Morgan fingerprint density at radius 1 is 1.23 bits per heavy atom. The zero-order valence-corrected chi connectivity index (χ0v) is 17.4. The lowest BCUT2D eigenvalue weighted by Gasteiger charge is -2.24. The molecule has 31 heavy (non-hydrogen) atoms. The largest absolute Gasteiger partial charge is 0.392 e. The molecule has 8 heteroatoms. The van der Waals surface area contributed by atoms with Gasteiger partial charge >= 0.3 is 0 Å². The summed E-state index contributed by atoms with van der Waals surface area (Å²) in [5.41, 5.74) is 1.44. The molecular formula is C23H28F2N4O2. The lowest BCUT2D eigenvalue weighted by Crippen LogP contribution is -2.38. The number of aliphatic hydroxyl groups excluding tert-OH is 1. The van der Waals surface area contributed by atoms with Crippen LogP contribution in [0.1, 0.15) is 61.0 Å². The minimum atomic E-state index is -0.882. The number of amides is 1. The van der Waals surface area contributed by atoms with Crippen molar-refractivity contribution in [3.05, 3.63) is 53.1 Å². The Morgan fingerprint density at radius 2 is 2.00 bits per heavy atom. The average Bonchev–Trinajstić information content (AvgIpc) is 3.16. The number of H-pyrrole nitrogens is 1. The van der Waals surface area contributed by atoms with Gasteiger partial charge in [-0.2, -0.15) is 0 Å². The van der Waals surface area contributed by atoms with Crippen molar-refractivity contribution in [2.24, 2.45) is 5.92 Å². The number of hydrogen-bond donors (Lipinski definition) is 3. The number of aromatic amines is 1. The van der Waals surface area contributed by atoms with Gasteiger partial charge in [0.1, 0.15) is 5.82 Å². The fraction of sp³-hybridized carbons (Fsp3) is 0.565. The molecule has 0 bridgehead atoms. The molecule has 1 aromatic carbocycles. The number of hydrogen-bond acceptors (Lipinski definition) is 4. The van der Waals surface area contributed by atoms with Crippen molar-refractivity contribution in [1.82, 2.24) is 20.2 Å². The molecular weight excluding hydrogens is 402 g/mol. The minimum Gasteiger partial charge on any atom is -0.392 e. The second-order valence-electron chi connectivity index (χ2n) is 9.12. The first-order valence-corrected chi connectivity index (χ1v) is 11.2. The van der Waals surface area contributed by atoms with E-state index in [9.17, 15) is 18.7 Å². The topological polar surface area (TPSA) is 81.2 Å². The summed E-state index contributed by atoms with van der Waals surface area (Å²) >= 11 is 0. The highest BCUT2D eigenvalue weighted by atomic mass is 19.2. The quantitative estimate of drug-likeness (QED) is 0.658. The van der Waals surface area contributed by atoms with Crippen LogP contribution in [-0.4, -0.2) is 51.1 Å². The summed E-state index contributed by atoms with van der Waals surface area (Å²) in [6, 6.07) is 3.65. The van der Waals surface area contributed by atoms with Gasteiger partial charge in [0, 0.05) is 49.4 Å². The number of imidazole rings is 1. The number of aromatic nitrogens is 2. The molecule has 3 aliphatic rings. The first-order valence-electron chi connectivity index (χ1n) is 11.2. The number of likely N-dealkylation sites (tertiary alicyclic amines) is 1. The maximum Gasteiger partial charge on any atom is 0.228 e. The van der Waals surface area contributed by atoms with Crippen LogP contribution in [0.5, 0.6) is 0 Å². The molecule has 166 valence electrons. The van der Waals surface area contributed by atoms with Crippen LogP contribution < -0.4 is 5.32 Å². The van der Waals surface area contributed by atoms with Gasteiger partial charge in [0.25, 0.3) is 0 Å². The van der Waals surface area contributed by atoms with Crippen molar-refractivity contribution in [2.75, 3.05) is 13.1 Å². The van der Waals surface area contributed by atoms with Crippen LogP contribution in [0, 0.1) is 17.6 Å². The minimum absolute atomic E-state index is 0.00839. The zero-order chi connectivity index (χ0) is 21.5. The van der Waals surface area contributed by atoms with Gasteiger partial charge in [-0.25, -0.2) is 13.8 Å². The molecule has 1 aromatic heterocycles. The van der Waals surface area contributed by atoms with Crippen molar-refractivity contribution >= 4 is 5.91 Å². The van der Waals surface area contributed by atoms with E-state index in [2.05, 4.69) is 15.3 Å². The summed E-state index contributed by atoms with van der Waals surface area (Å²) in [6.07, 6.45) is 5.67. The van der Waals surface area contributed by atoms with Crippen molar-refractivity contribution in [2.45, 2.75) is 62.6 Å². The highest BCUT2D eigenvalue weighted by Crippen LogP contribution is 2.42. The number of rotatable bonds is 6. The Morgan fingerprint density at radius 3 is 2.71 bits per heavy atom. The van der Waals surface area contributed by atoms with E-state index in [1.165, 1.54) is 6.07 Å². The predicted octanol–water partition coefficient (Wildman–Crippen LogP) is 2.81. The fourth-order valence-corrected chi connectivity index (χ4v) is 5.06. The summed E-state index contributed by atoms with van der Waals surface area (Å²) < 4.78 is 26.9. The zero-order valence-electron chi connectivity index (χ0n) is 17.4. The lowest BCUT2D eigenvalue weighted by atomic mass is 9.95. The summed E-state index contributed by atoms with van der Waals surface area (Å²) in [4.78, 5) is 22.8. The van der Waals surface area contributed by atoms with Gasteiger partial charge in [0.2, 0.25) is 5.91 Å². The third kappa shape index (κ3) is 4.11. The number of nitrogens with one attached hydrogen (secondary N) is 2. The fourth-order valence-electron chi connectivity index (χ4n) is 5.06. The van der Waals surface area contributed by atoms with Crippen molar-refractivity contribution in [3.63, 3.8) is 0 Å². The predicted molar refractivity (Wildman–Crippen MR) is 110 cm³/mol. The molecule has 6 nitrogen and oxygen atoms in total. The molecule has 2 saturated carbocycles. The van der Waals surface area contributed by atoms with E-state index >= 15 is 0 Å². The van der Waals surface area contributed by atoms with Crippen molar-refractivity contribution in [3.8, 4) is 0 Å². The molecule has 1 saturated heterocycles. The van der Waals surface area contributed by atoms with Gasteiger partial charge in [-0.3, -0.25) is 4.79 Å². The molecule has 3 N–H and O–H groups in total. The first-order chi connectivity index (χ1) is 15.0. The van der Waals surface area contributed by atoms with Gasteiger partial charge in [-0.15, -0.1) is 0 Å². The number of halogens is 2. The molecule has 5 rings (SSSR count). The number of aliphatic hydroxyl groups is 1. The third-order valence-corrected chi connectivity index (χ3v) is 6.95. The first kappa shape index (κ1) is 20.6. The van der Waals surface area contributed by atoms with Crippen molar-refractivity contribution in [1.29, 1.82) is 0 Å². The molecule has 1 amide bonds. The van der Waals surface area contributed by atoms with Crippen LogP contribution in [0.15, 0.2) is 24.4 Å². The summed E-state index contributed by atoms with van der Waals surface area (Å²) in [7, 11) is 0. The smallest absolute Gasteiger partial charge is 0.228 e.